The number of carbonyl (C=O) groups is 1. The molecule has 2 atom stereocenters. The van der Waals surface area contributed by atoms with Gasteiger partial charge < -0.3 is 9.80 Å². The second-order valence-electron chi connectivity index (χ2n) is 9.12. The molecule has 7 nitrogen and oxygen atoms in total. The third-order valence-corrected chi connectivity index (χ3v) is 7.01. The minimum absolute atomic E-state index is 0.177. The summed E-state index contributed by atoms with van der Waals surface area (Å²) in [4.78, 5) is 30.2. The summed E-state index contributed by atoms with van der Waals surface area (Å²) >= 11 is 0. The highest BCUT2D eigenvalue weighted by Gasteiger charge is 2.53. The number of alkyl halides is 2. The Morgan fingerprint density at radius 1 is 1.18 bits per heavy atom. The molecule has 178 valence electrons. The molecule has 0 saturated heterocycles. The van der Waals surface area contributed by atoms with E-state index in [1.54, 1.807) is 54.2 Å². The van der Waals surface area contributed by atoms with Crippen molar-refractivity contribution in [1.29, 1.82) is 0 Å². The van der Waals surface area contributed by atoms with E-state index in [2.05, 4.69) is 9.97 Å². The molecule has 1 fully saturated rings. The van der Waals surface area contributed by atoms with E-state index in [4.69, 9.17) is 4.98 Å². The first kappa shape index (κ1) is 22.4. The van der Waals surface area contributed by atoms with Crippen molar-refractivity contribution >= 4 is 17.4 Å². The molecule has 5 rings (SSSR count). The zero-order valence-electron chi connectivity index (χ0n) is 19.2. The molecule has 1 amide bonds. The fraction of sp³-hybridized carbons (Fsp3) is 0.417. The van der Waals surface area contributed by atoms with Crippen molar-refractivity contribution < 1.29 is 18.0 Å². The molecule has 10 heteroatoms. The Bertz CT molecular complexity index is 1240. The SMILES string of the molecule is CC[C@]1(C)C(=O)N(C)c2cnc(-n3ccnc3-c3ccc(F)cc3)nc2N1C1CCC(F)(F)C1. The zero-order chi connectivity index (χ0) is 24.3. The number of anilines is 2. The molecule has 1 aliphatic heterocycles. The molecule has 1 aromatic carbocycles. The van der Waals surface area contributed by atoms with Gasteiger partial charge in [0.05, 0.1) is 6.20 Å². The van der Waals surface area contributed by atoms with Gasteiger partial charge in [-0.3, -0.25) is 9.36 Å². The van der Waals surface area contributed by atoms with E-state index >= 15 is 0 Å². The molecule has 1 aliphatic carbocycles. The first-order valence-corrected chi connectivity index (χ1v) is 11.3. The number of carbonyl (C=O) groups excluding carboxylic acids is 1. The molecule has 34 heavy (non-hydrogen) atoms. The Balaban J connectivity index is 1.65. The molecule has 2 aliphatic rings. The van der Waals surface area contributed by atoms with Crippen LogP contribution < -0.4 is 9.80 Å². The molecule has 0 N–H and O–H groups in total. The van der Waals surface area contributed by atoms with Gasteiger partial charge in [0.25, 0.3) is 5.91 Å². The van der Waals surface area contributed by atoms with E-state index in [9.17, 15) is 18.0 Å². The number of benzene rings is 1. The van der Waals surface area contributed by atoms with E-state index in [0.717, 1.165) is 0 Å². The lowest BCUT2D eigenvalue weighted by molar-refractivity contribution is -0.123. The Morgan fingerprint density at radius 3 is 2.56 bits per heavy atom. The minimum Gasteiger partial charge on any atom is -0.337 e. The number of hydrogen-bond donors (Lipinski definition) is 0. The minimum atomic E-state index is -2.78. The number of nitrogens with zero attached hydrogens (tertiary/aromatic N) is 6. The van der Waals surface area contributed by atoms with Crippen LogP contribution in [-0.4, -0.2) is 50.0 Å². The highest BCUT2D eigenvalue weighted by Crippen LogP contribution is 2.47. The average molecular weight is 470 g/mol. The van der Waals surface area contributed by atoms with E-state index in [1.807, 2.05) is 6.92 Å². The topological polar surface area (TPSA) is 67.2 Å². The fourth-order valence-electron chi connectivity index (χ4n) is 5.02. The van der Waals surface area contributed by atoms with Crippen LogP contribution in [-0.2, 0) is 4.79 Å². The lowest BCUT2D eigenvalue weighted by atomic mass is 9.89. The van der Waals surface area contributed by atoms with Crippen molar-refractivity contribution in [1.82, 2.24) is 19.5 Å². The van der Waals surface area contributed by atoms with Crippen molar-refractivity contribution in [3.05, 3.63) is 48.7 Å². The van der Waals surface area contributed by atoms with Crippen molar-refractivity contribution in [2.75, 3.05) is 16.8 Å². The Kier molecular flexibility index (Phi) is 5.14. The van der Waals surface area contributed by atoms with Gasteiger partial charge in [0, 0.05) is 43.9 Å². The predicted molar refractivity (Wildman–Crippen MR) is 122 cm³/mol. The van der Waals surface area contributed by atoms with Gasteiger partial charge in [-0.2, -0.15) is 4.98 Å². The number of amides is 1. The summed E-state index contributed by atoms with van der Waals surface area (Å²) in [5.74, 6) is -2.07. The van der Waals surface area contributed by atoms with Crippen LogP contribution in [0, 0.1) is 5.82 Å². The van der Waals surface area contributed by atoms with E-state index in [0.29, 0.717) is 29.3 Å². The number of hydrogen-bond acceptors (Lipinski definition) is 5. The highest BCUT2D eigenvalue weighted by molar-refractivity contribution is 6.07. The van der Waals surface area contributed by atoms with Crippen LogP contribution in [0.4, 0.5) is 24.7 Å². The van der Waals surface area contributed by atoms with Crippen molar-refractivity contribution in [2.45, 2.75) is 57.0 Å². The Hall–Kier alpha value is -3.43. The number of likely N-dealkylation sites (N-methyl/N-ethyl adjacent to an activating group) is 1. The molecule has 0 bridgehead atoms. The summed E-state index contributed by atoms with van der Waals surface area (Å²) in [6, 6.07) is 5.38. The van der Waals surface area contributed by atoms with Crippen LogP contribution in [0.2, 0.25) is 0 Å². The Morgan fingerprint density at radius 2 is 1.91 bits per heavy atom. The van der Waals surface area contributed by atoms with Gasteiger partial charge in [-0.1, -0.05) is 6.92 Å². The molecule has 3 heterocycles. The largest absolute Gasteiger partial charge is 0.337 e. The van der Waals surface area contributed by atoms with Crippen molar-refractivity contribution in [3.63, 3.8) is 0 Å². The molecular weight excluding hydrogens is 445 g/mol. The normalized spacial score (nSPS) is 23.9. The number of imidazole rings is 1. The predicted octanol–water partition coefficient (Wildman–Crippen LogP) is 4.61. The van der Waals surface area contributed by atoms with Gasteiger partial charge in [0.15, 0.2) is 5.82 Å². The van der Waals surface area contributed by atoms with Gasteiger partial charge in [-0.05, 0) is 44.0 Å². The van der Waals surface area contributed by atoms with Crippen LogP contribution in [0.1, 0.15) is 39.5 Å². The van der Waals surface area contributed by atoms with Gasteiger partial charge in [-0.15, -0.1) is 0 Å². The Labute approximate surface area is 195 Å². The van der Waals surface area contributed by atoms with Crippen LogP contribution in [0.25, 0.3) is 17.3 Å². The number of aromatic nitrogens is 4. The van der Waals surface area contributed by atoms with E-state index in [-0.39, 0.29) is 36.9 Å². The highest BCUT2D eigenvalue weighted by atomic mass is 19.3. The maximum atomic E-state index is 14.2. The number of rotatable bonds is 4. The lowest BCUT2D eigenvalue weighted by Gasteiger charge is -2.50. The van der Waals surface area contributed by atoms with Crippen LogP contribution >= 0.6 is 0 Å². The van der Waals surface area contributed by atoms with Crippen LogP contribution in [0.15, 0.2) is 42.9 Å². The fourth-order valence-corrected chi connectivity index (χ4v) is 5.02. The first-order valence-electron chi connectivity index (χ1n) is 11.3. The third-order valence-electron chi connectivity index (χ3n) is 7.01. The van der Waals surface area contributed by atoms with Crippen molar-refractivity contribution in [2.24, 2.45) is 0 Å². The van der Waals surface area contributed by atoms with Gasteiger partial charge in [-0.25, -0.2) is 23.1 Å². The summed E-state index contributed by atoms with van der Waals surface area (Å²) in [6.07, 6.45) is 4.96. The molecule has 3 aromatic rings. The summed E-state index contributed by atoms with van der Waals surface area (Å²) < 4.78 is 43.5. The summed E-state index contributed by atoms with van der Waals surface area (Å²) in [5.41, 5.74) is 0.122. The smallest absolute Gasteiger partial charge is 0.252 e. The quantitative estimate of drug-likeness (QED) is 0.557. The second-order valence-corrected chi connectivity index (χ2v) is 9.12. The molecular formula is C24H25F3N6O. The summed E-state index contributed by atoms with van der Waals surface area (Å²) in [6.45, 7) is 3.66. The molecule has 0 spiro atoms. The number of halogens is 3. The lowest BCUT2D eigenvalue weighted by Crippen LogP contribution is -2.64. The molecule has 1 saturated carbocycles. The third kappa shape index (κ3) is 3.43. The van der Waals surface area contributed by atoms with Crippen LogP contribution in [0.5, 0.6) is 0 Å². The van der Waals surface area contributed by atoms with E-state index < -0.39 is 17.5 Å². The van der Waals surface area contributed by atoms with Gasteiger partial charge in [0.1, 0.15) is 22.9 Å². The molecule has 1 unspecified atom stereocenters. The average Bonchev–Trinajstić information content (AvgIpc) is 3.44. The summed E-state index contributed by atoms with van der Waals surface area (Å²) in [7, 11) is 1.65. The maximum absolute atomic E-state index is 14.2. The standard InChI is InChI=1S/C24H25F3N6O/c1-4-23(2)21(34)31(3)18-14-29-22(30-20(18)33(23)17-9-10-24(26,27)13-17)32-12-11-28-19(32)15-5-7-16(25)8-6-15/h5-8,11-12,14,17H,4,9-10,13H2,1-3H3/t17?,23-/m1/s1. The summed E-state index contributed by atoms with van der Waals surface area (Å²) in [5, 5.41) is 0. The molecule has 2 aromatic heterocycles. The van der Waals surface area contributed by atoms with Crippen LogP contribution in [0.3, 0.4) is 0 Å². The first-order chi connectivity index (χ1) is 16.1. The van der Waals surface area contributed by atoms with E-state index in [1.165, 1.54) is 17.0 Å². The van der Waals surface area contributed by atoms with Gasteiger partial charge in [0.2, 0.25) is 11.9 Å². The van der Waals surface area contributed by atoms with Gasteiger partial charge >= 0.3 is 0 Å². The molecule has 0 radical (unpaired) electrons. The van der Waals surface area contributed by atoms with Crippen molar-refractivity contribution in [3.8, 4) is 17.3 Å². The maximum Gasteiger partial charge on any atom is 0.252 e. The monoisotopic (exact) mass is 470 g/mol. The zero-order valence-corrected chi connectivity index (χ0v) is 19.2. The number of fused-ring (bicyclic) bond motifs is 1. The second kappa shape index (κ2) is 7.82.